The number of phenols is 1. The molecule has 1 N–H and O–H groups in total. The Morgan fingerprint density at radius 1 is 1.14 bits per heavy atom. The van der Waals surface area contributed by atoms with Gasteiger partial charge in [0.1, 0.15) is 0 Å². The summed E-state index contributed by atoms with van der Waals surface area (Å²) in [5.41, 5.74) is 3.06. The highest BCUT2D eigenvalue weighted by atomic mass is 79.9. The van der Waals surface area contributed by atoms with Crippen LogP contribution in [0.3, 0.4) is 0 Å². The summed E-state index contributed by atoms with van der Waals surface area (Å²) in [6.45, 7) is 3.21. The zero-order chi connectivity index (χ0) is 18.8. The molecule has 1 heterocycles. The van der Waals surface area contributed by atoms with Gasteiger partial charge in [0.05, 0.1) is 7.11 Å². The van der Waals surface area contributed by atoms with Gasteiger partial charge in [0.15, 0.2) is 17.3 Å². The van der Waals surface area contributed by atoms with Gasteiger partial charge in [-0.2, -0.15) is 0 Å². The Balaban J connectivity index is 0.00000225. The van der Waals surface area contributed by atoms with Crippen LogP contribution in [0.5, 0.6) is 11.5 Å². The Morgan fingerprint density at radius 2 is 1.86 bits per heavy atom. The minimum Gasteiger partial charge on any atom is -0.504 e. The lowest BCUT2D eigenvalue weighted by atomic mass is 9.85. The SMILES string of the molecule is Br.COc1cc2c(cc1O)CC(CC1CCN(Cc3ccccc3)CC1)C2=O. The maximum absolute atomic E-state index is 12.8. The molecule has 1 saturated heterocycles. The van der Waals surface area contributed by atoms with E-state index in [2.05, 4.69) is 35.2 Å². The van der Waals surface area contributed by atoms with Crippen molar-refractivity contribution >= 4 is 22.8 Å². The average Bonchev–Trinajstić information content (AvgIpc) is 2.98. The van der Waals surface area contributed by atoms with Crippen molar-refractivity contribution < 1.29 is 14.6 Å². The molecule has 5 heteroatoms. The van der Waals surface area contributed by atoms with Gasteiger partial charge in [-0.3, -0.25) is 9.69 Å². The smallest absolute Gasteiger partial charge is 0.166 e. The number of ether oxygens (including phenoxy) is 1. The van der Waals surface area contributed by atoms with Crippen LogP contribution in [0, 0.1) is 11.8 Å². The van der Waals surface area contributed by atoms with Crippen LogP contribution in [0.1, 0.15) is 40.7 Å². The highest BCUT2D eigenvalue weighted by molar-refractivity contribution is 8.93. The van der Waals surface area contributed by atoms with Crippen molar-refractivity contribution in [1.82, 2.24) is 4.90 Å². The standard InChI is InChI=1S/C23H27NO3.BrH/c1-27-22-14-20-18(13-21(22)25)12-19(23(20)26)11-16-7-9-24(10-8-16)15-17-5-3-2-4-6-17;/h2-6,13-14,16,19,25H,7-12,15H2,1H3;1H. The normalized spacial score (nSPS) is 19.9. The Bertz CT molecular complexity index is 816. The van der Waals surface area contributed by atoms with E-state index in [1.165, 1.54) is 12.7 Å². The third kappa shape index (κ3) is 4.41. The number of Topliss-reactive ketones (excluding diaryl/α,β-unsaturated/α-hetero) is 1. The lowest BCUT2D eigenvalue weighted by Gasteiger charge is -2.32. The predicted octanol–water partition coefficient (Wildman–Crippen LogP) is 4.64. The molecule has 0 spiro atoms. The van der Waals surface area contributed by atoms with E-state index in [9.17, 15) is 9.90 Å². The number of ketones is 1. The molecule has 1 aliphatic heterocycles. The lowest BCUT2D eigenvalue weighted by molar-refractivity contribution is 0.0895. The number of benzene rings is 2. The second-order valence-electron chi connectivity index (χ2n) is 7.89. The first kappa shape index (κ1) is 20.9. The van der Waals surface area contributed by atoms with E-state index in [0.717, 1.165) is 56.4 Å². The third-order valence-electron chi connectivity index (χ3n) is 6.08. The van der Waals surface area contributed by atoms with Crippen LogP contribution in [0.4, 0.5) is 0 Å². The van der Waals surface area contributed by atoms with E-state index < -0.39 is 0 Å². The molecule has 28 heavy (non-hydrogen) atoms. The number of halogens is 1. The summed E-state index contributed by atoms with van der Waals surface area (Å²) < 4.78 is 5.16. The molecule has 0 saturated carbocycles. The number of hydrogen-bond donors (Lipinski definition) is 1. The molecule has 1 aliphatic carbocycles. The molecular weight excluding hydrogens is 418 g/mol. The first-order chi connectivity index (χ1) is 13.1. The van der Waals surface area contributed by atoms with Crippen molar-refractivity contribution in [2.24, 2.45) is 11.8 Å². The number of rotatable bonds is 5. The van der Waals surface area contributed by atoms with Gasteiger partial charge in [-0.1, -0.05) is 30.3 Å². The number of carbonyl (C=O) groups is 1. The molecule has 0 bridgehead atoms. The number of likely N-dealkylation sites (tertiary alicyclic amines) is 1. The summed E-state index contributed by atoms with van der Waals surface area (Å²) in [6, 6.07) is 14.0. The quantitative estimate of drug-likeness (QED) is 0.728. The highest BCUT2D eigenvalue weighted by Crippen LogP contribution is 2.39. The third-order valence-corrected chi connectivity index (χ3v) is 6.08. The van der Waals surface area contributed by atoms with Gasteiger partial charge in [0.2, 0.25) is 0 Å². The monoisotopic (exact) mass is 445 g/mol. The molecule has 4 nitrogen and oxygen atoms in total. The maximum Gasteiger partial charge on any atom is 0.166 e. The van der Waals surface area contributed by atoms with E-state index in [1.807, 2.05) is 0 Å². The first-order valence-corrected chi connectivity index (χ1v) is 9.84. The number of hydrogen-bond acceptors (Lipinski definition) is 4. The molecular formula is C23H28BrNO3. The maximum atomic E-state index is 12.8. The molecule has 0 radical (unpaired) electrons. The Hall–Kier alpha value is -1.85. The van der Waals surface area contributed by atoms with Crippen LogP contribution in [0.2, 0.25) is 0 Å². The van der Waals surface area contributed by atoms with Crippen LogP contribution in [0.25, 0.3) is 0 Å². The van der Waals surface area contributed by atoms with Crippen molar-refractivity contribution in [3.8, 4) is 11.5 Å². The number of phenolic OH excluding ortho intramolecular Hbond substituents is 1. The van der Waals surface area contributed by atoms with Crippen LogP contribution >= 0.6 is 17.0 Å². The second kappa shape index (κ2) is 9.10. The zero-order valence-electron chi connectivity index (χ0n) is 16.3. The molecule has 1 unspecified atom stereocenters. The van der Waals surface area contributed by atoms with E-state index in [-0.39, 0.29) is 34.4 Å². The number of methoxy groups -OCH3 is 1. The summed E-state index contributed by atoms with van der Waals surface area (Å²) in [7, 11) is 1.52. The van der Waals surface area contributed by atoms with Crippen molar-refractivity contribution in [2.45, 2.75) is 32.2 Å². The highest BCUT2D eigenvalue weighted by Gasteiger charge is 2.34. The van der Waals surface area contributed by atoms with Crippen molar-refractivity contribution in [2.75, 3.05) is 20.2 Å². The molecule has 1 fully saturated rings. The number of fused-ring (bicyclic) bond motifs is 1. The summed E-state index contributed by atoms with van der Waals surface area (Å²) in [5, 5.41) is 9.98. The van der Waals surface area contributed by atoms with E-state index in [1.54, 1.807) is 12.1 Å². The Morgan fingerprint density at radius 3 is 2.54 bits per heavy atom. The van der Waals surface area contributed by atoms with Crippen molar-refractivity contribution in [3.63, 3.8) is 0 Å². The van der Waals surface area contributed by atoms with Crippen LogP contribution in [0.15, 0.2) is 42.5 Å². The van der Waals surface area contributed by atoms with Gasteiger partial charge in [-0.15, -0.1) is 17.0 Å². The number of nitrogens with zero attached hydrogens (tertiary/aromatic N) is 1. The fourth-order valence-corrected chi connectivity index (χ4v) is 4.57. The molecule has 2 aliphatic rings. The second-order valence-corrected chi connectivity index (χ2v) is 7.89. The molecule has 0 aromatic heterocycles. The van der Waals surface area contributed by atoms with Crippen LogP contribution in [-0.2, 0) is 13.0 Å². The summed E-state index contributed by atoms with van der Waals surface area (Å²) in [5.74, 6) is 1.39. The van der Waals surface area contributed by atoms with Gasteiger partial charge in [-0.25, -0.2) is 0 Å². The first-order valence-electron chi connectivity index (χ1n) is 9.84. The summed E-state index contributed by atoms with van der Waals surface area (Å²) >= 11 is 0. The van der Waals surface area contributed by atoms with Gasteiger partial charge in [-0.05, 0) is 68.0 Å². The Kier molecular flexibility index (Phi) is 6.78. The van der Waals surface area contributed by atoms with E-state index >= 15 is 0 Å². The number of carbonyl (C=O) groups excluding carboxylic acids is 1. The fourth-order valence-electron chi connectivity index (χ4n) is 4.57. The minimum absolute atomic E-state index is 0. The predicted molar refractivity (Wildman–Crippen MR) is 116 cm³/mol. The summed E-state index contributed by atoms with van der Waals surface area (Å²) in [6.07, 6.45) is 4.01. The minimum atomic E-state index is 0. The molecule has 0 amide bonds. The van der Waals surface area contributed by atoms with Crippen molar-refractivity contribution in [3.05, 3.63) is 59.2 Å². The average molecular weight is 446 g/mol. The van der Waals surface area contributed by atoms with Crippen LogP contribution in [-0.4, -0.2) is 36.0 Å². The van der Waals surface area contributed by atoms with E-state index in [0.29, 0.717) is 11.7 Å². The van der Waals surface area contributed by atoms with E-state index in [4.69, 9.17) is 4.74 Å². The summed E-state index contributed by atoms with van der Waals surface area (Å²) in [4.78, 5) is 15.3. The number of aromatic hydroxyl groups is 1. The van der Waals surface area contributed by atoms with Gasteiger partial charge in [0.25, 0.3) is 0 Å². The largest absolute Gasteiger partial charge is 0.504 e. The fraction of sp³-hybridized carbons (Fsp3) is 0.435. The molecule has 150 valence electrons. The Labute approximate surface area is 177 Å². The van der Waals surface area contributed by atoms with Gasteiger partial charge >= 0.3 is 0 Å². The topological polar surface area (TPSA) is 49.8 Å². The lowest BCUT2D eigenvalue weighted by Crippen LogP contribution is -2.34. The van der Waals surface area contributed by atoms with Crippen molar-refractivity contribution in [1.29, 1.82) is 0 Å². The zero-order valence-corrected chi connectivity index (χ0v) is 18.0. The van der Waals surface area contributed by atoms with Gasteiger partial charge < -0.3 is 9.84 Å². The molecule has 2 aromatic rings. The molecule has 1 atom stereocenters. The van der Waals surface area contributed by atoms with Crippen LogP contribution < -0.4 is 4.74 Å². The molecule has 2 aromatic carbocycles. The van der Waals surface area contributed by atoms with Gasteiger partial charge in [0, 0.05) is 18.0 Å². The number of piperidine rings is 1. The molecule has 4 rings (SSSR count).